The molecule has 0 aliphatic carbocycles. The molecule has 0 N–H and O–H groups in total. The fourth-order valence-electron chi connectivity index (χ4n) is 4.77. The number of hydrogen-bond donors (Lipinski definition) is 0. The molecule has 5 rings (SSSR count). The summed E-state index contributed by atoms with van der Waals surface area (Å²) in [6.45, 7) is 13.5. The molecule has 2 aliphatic heterocycles. The minimum atomic E-state index is 0.197. The van der Waals surface area contributed by atoms with Crippen LogP contribution in [0.4, 0.5) is 5.82 Å². The van der Waals surface area contributed by atoms with Gasteiger partial charge in [0.1, 0.15) is 41.8 Å². The van der Waals surface area contributed by atoms with Crippen LogP contribution in [-0.4, -0.2) is 79.3 Å². The number of ketones is 1. The number of pyridine rings is 1. The van der Waals surface area contributed by atoms with Gasteiger partial charge in [-0.15, -0.1) is 0 Å². The molecule has 0 spiro atoms. The summed E-state index contributed by atoms with van der Waals surface area (Å²) in [5, 5.41) is 4.35. The van der Waals surface area contributed by atoms with Crippen LogP contribution in [0.15, 0.2) is 24.8 Å². The van der Waals surface area contributed by atoms with Crippen LogP contribution in [0, 0.1) is 5.92 Å². The van der Waals surface area contributed by atoms with Gasteiger partial charge in [-0.05, 0) is 19.8 Å². The second-order valence-electron chi connectivity index (χ2n) is 10.1. The summed E-state index contributed by atoms with van der Waals surface area (Å²) in [5.41, 5.74) is 1.68. The van der Waals surface area contributed by atoms with Crippen LogP contribution in [-0.2, 0) is 11.3 Å². The van der Waals surface area contributed by atoms with Crippen molar-refractivity contribution in [2.24, 2.45) is 5.92 Å². The number of carbonyl (C=O) groups excluding carboxylic acids is 1. The molecular weight excluding hydrogens is 444 g/mol. The third kappa shape index (κ3) is 4.93. The normalized spacial score (nSPS) is 16.2. The van der Waals surface area contributed by atoms with Gasteiger partial charge in [0.2, 0.25) is 0 Å². The second kappa shape index (κ2) is 9.77. The van der Waals surface area contributed by atoms with Gasteiger partial charge in [-0.25, -0.2) is 19.6 Å². The van der Waals surface area contributed by atoms with Crippen LogP contribution >= 0.6 is 0 Å². The molecule has 3 aromatic heterocycles. The van der Waals surface area contributed by atoms with Gasteiger partial charge in [-0.2, -0.15) is 5.10 Å². The van der Waals surface area contributed by atoms with Crippen molar-refractivity contribution in [3.05, 3.63) is 24.8 Å². The highest BCUT2D eigenvalue weighted by atomic mass is 16.5. The molecule has 0 atom stereocenters. The van der Waals surface area contributed by atoms with Crippen LogP contribution in [0.1, 0.15) is 40.2 Å². The van der Waals surface area contributed by atoms with E-state index < -0.39 is 0 Å². The minimum Gasteiger partial charge on any atom is -0.491 e. The zero-order chi connectivity index (χ0) is 24.5. The quantitative estimate of drug-likeness (QED) is 0.512. The van der Waals surface area contributed by atoms with Crippen molar-refractivity contribution in [1.29, 1.82) is 0 Å². The lowest BCUT2D eigenvalue weighted by Crippen LogP contribution is -2.48. The zero-order valence-corrected chi connectivity index (χ0v) is 21.0. The number of anilines is 1. The summed E-state index contributed by atoms with van der Waals surface area (Å²) in [7, 11) is 0. The molecule has 0 amide bonds. The van der Waals surface area contributed by atoms with E-state index in [9.17, 15) is 4.79 Å². The van der Waals surface area contributed by atoms with E-state index in [1.165, 1.54) is 0 Å². The van der Waals surface area contributed by atoms with E-state index in [2.05, 4.69) is 52.1 Å². The average molecular weight is 479 g/mol. The average Bonchev–Trinajstić information content (AvgIpc) is 3.43. The molecule has 0 bridgehead atoms. The highest BCUT2D eigenvalue weighted by Crippen LogP contribution is 2.35. The first-order chi connectivity index (χ1) is 16.9. The van der Waals surface area contributed by atoms with Crippen LogP contribution in [0.5, 0.6) is 5.75 Å². The first-order valence-corrected chi connectivity index (χ1v) is 12.5. The van der Waals surface area contributed by atoms with Crippen molar-refractivity contribution in [1.82, 2.24) is 34.2 Å². The number of Topliss-reactive ketones (excluding diaryl/α,β-unsaturated/α-hetero) is 1. The Balaban J connectivity index is 1.32. The molecule has 2 aliphatic rings. The molecule has 3 aromatic rings. The van der Waals surface area contributed by atoms with Gasteiger partial charge < -0.3 is 14.2 Å². The van der Waals surface area contributed by atoms with E-state index in [4.69, 9.17) is 14.7 Å². The topological polar surface area (TPSA) is 94.2 Å². The molecule has 186 valence electrons. The fourth-order valence-corrected chi connectivity index (χ4v) is 4.77. The summed E-state index contributed by atoms with van der Waals surface area (Å²) >= 11 is 0. The molecule has 0 unspecified atom stereocenters. The van der Waals surface area contributed by atoms with Crippen molar-refractivity contribution >= 4 is 11.6 Å². The van der Waals surface area contributed by atoms with Crippen molar-refractivity contribution in [3.63, 3.8) is 0 Å². The number of fused-ring (bicyclic) bond motifs is 3. The molecule has 10 nitrogen and oxygen atoms in total. The van der Waals surface area contributed by atoms with E-state index >= 15 is 0 Å². The smallest absolute Gasteiger partial charge is 0.178 e. The lowest BCUT2D eigenvalue weighted by atomic mass is 10.1. The molecular formula is C25H34N8O2. The molecule has 0 radical (unpaired) electrons. The standard InChI is InChI=1S/C25H34N8O2/c1-17(2)11-19(34)14-30-5-7-31(8-6-30)23-12-22-20(13-26-23)24-29-21(15-32(24)9-10-35-22)25-27-16-28-33(25)18(3)4/h12-13,15-18H,5-11,14H2,1-4H3. The molecule has 0 aromatic carbocycles. The van der Waals surface area contributed by atoms with Gasteiger partial charge in [-0.1, -0.05) is 13.8 Å². The summed E-state index contributed by atoms with van der Waals surface area (Å²) in [5.74, 6) is 4.03. The van der Waals surface area contributed by atoms with Crippen molar-refractivity contribution < 1.29 is 9.53 Å². The summed E-state index contributed by atoms with van der Waals surface area (Å²) in [6.07, 6.45) is 6.11. The van der Waals surface area contributed by atoms with Crippen molar-refractivity contribution in [2.75, 3.05) is 44.2 Å². The van der Waals surface area contributed by atoms with Gasteiger partial charge in [0.25, 0.3) is 0 Å². The van der Waals surface area contributed by atoms with Crippen LogP contribution in [0.2, 0.25) is 0 Å². The molecule has 5 heterocycles. The second-order valence-corrected chi connectivity index (χ2v) is 10.1. The van der Waals surface area contributed by atoms with Crippen molar-refractivity contribution in [2.45, 2.75) is 46.7 Å². The largest absolute Gasteiger partial charge is 0.491 e. The molecule has 1 fully saturated rings. The van der Waals surface area contributed by atoms with Gasteiger partial charge in [-0.3, -0.25) is 9.69 Å². The Labute approximate surface area is 205 Å². The number of piperazine rings is 1. The van der Waals surface area contributed by atoms with Gasteiger partial charge in [0.05, 0.1) is 18.7 Å². The fraction of sp³-hybridized carbons (Fsp3) is 0.560. The maximum Gasteiger partial charge on any atom is 0.178 e. The highest BCUT2D eigenvalue weighted by molar-refractivity contribution is 5.80. The lowest BCUT2D eigenvalue weighted by Gasteiger charge is -2.35. The number of rotatable bonds is 7. The highest BCUT2D eigenvalue weighted by Gasteiger charge is 2.25. The van der Waals surface area contributed by atoms with E-state index in [0.29, 0.717) is 37.8 Å². The Kier molecular flexibility index (Phi) is 6.55. The van der Waals surface area contributed by atoms with E-state index in [-0.39, 0.29) is 6.04 Å². The van der Waals surface area contributed by atoms with E-state index in [1.54, 1.807) is 6.33 Å². The monoisotopic (exact) mass is 478 g/mol. The Morgan fingerprint density at radius 1 is 1.06 bits per heavy atom. The predicted molar refractivity (Wildman–Crippen MR) is 133 cm³/mol. The van der Waals surface area contributed by atoms with Crippen LogP contribution < -0.4 is 9.64 Å². The maximum absolute atomic E-state index is 12.2. The predicted octanol–water partition coefficient (Wildman–Crippen LogP) is 2.91. The number of ether oxygens (including phenoxy) is 1. The SMILES string of the molecule is CC(C)CC(=O)CN1CCN(c2cc3c(cn2)-c2nc(-c4ncnn4C(C)C)cn2CCO3)CC1. The Morgan fingerprint density at radius 2 is 1.86 bits per heavy atom. The van der Waals surface area contributed by atoms with Gasteiger partial charge in [0.15, 0.2) is 5.82 Å². The number of hydrogen-bond acceptors (Lipinski definition) is 8. The zero-order valence-electron chi connectivity index (χ0n) is 21.0. The lowest BCUT2D eigenvalue weighted by molar-refractivity contribution is -0.120. The first kappa shape index (κ1) is 23.5. The van der Waals surface area contributed by atoms with E-state index in [0.717, 1.165) is 60.7 Å². The summed E-state index contributed by atoms with van der Waals surface area (Å²) in [6, 6.07) is 2.22. The Morgan fingerprint density at radius 3 is 2.60 bits per heavy atom. The maximum atomic E-state index is 12.2. The Bertz CT molecular complexity index is 1190. The molecule has 35 heavy (non-hydrogen) atoms. The third-order valence-corrected chi connectivity index (χ3v) is 6.48. The Hall–Kier alpha value is -3.27. The molecule has 0 saturated carbocycles. The molecule has 1 saturated heterocycles. The summed E-state index contributed by atoms with van der Waals surface area (Å²) < 4.78 is 10.1. The van der Waals surface area contributed by atoms with Gasteiger partial charge in [0, 0.05) is 57.1 Å². The minimum absolute atomic E-state index is 0.197. The van der Waals surface area contributed by atoms with Gasteiger partial charge >= 0.3 is 0 Å². The molecule has 10 heteroatoms. The number of aromatic nitrogens is 6. The first-order valence-electron chi connectivity index (χ1n) is 12.5. The van der Waals surface area contributed by atoms with Crippen molar-refractivity contribution in [3.8, 4) is 28.7 Å². The summed E-state index contributed by atoms with van der Waals surface area (Å²) in [4.78, 5) is 30.8. The number of nitrogens with zero attached hydrogens (tertiary/aromatic N) is 8. The van der Waals surface area contributed by atoms with Crippen LogP contribution in [0.3, 0.4) is 0 Å². The third-order valence-electron chi connectivity index (χ3n) is 6.48. The number of carbonyl (C=O) groups is 1. The van der Waals surface area contributed by atoms with E-state index in [1.807, 2.05) is 23.1 Å². The van der Waals surface area contributed by atoms with Crippen LogP contribution in [0.25, 0.3) is 22.9 Å². The number of imidazole rings is 1.